The van der Waals surface area contributed by atoms with Crippen LogP contribution in [0.15, 0.2) is 43.0 Å². The summed E-state index contributed by atoms with van der Waals surface area (Å²) in [5, 5.41) is 5.86. The lowest BCUT2D eigenvalue weighted by Crippen LogP contribution is -2.45. The average molecular weight is 232 g/mol. The first-order chi connectivity index (χ1) is 8.17. The molecular weight excluding hydrogens is 212 g/mol. The molecule has 0 heterocycles. The van der Waals surface area contributed by atoms with Gasteiger partial charge in [-0.25, -0.2) is 0 Å². The third kappa shape index (κ3) is 4.41. The Bertz CT molecular complexity index is 362. The molecule has 0 aliphatic heterocycles. The Morgan fingerprint density at radius 2 is 2.06 bits per heavy atom. The van der Waals surface area contributed by atoms with Crippen molar-refractivity contribution in [1.29, 1.82) is 0 Å². The summed E-state index contributed by atoms with van der Waals surface area (Å²) in [6.45, 7) is 5.59. The summed E-state index contributed by atoms with van der Waals surface area (Å²) in [7, 11) is 1.77. The number of benzene rings is 1. The predicted molar refractivity (Wildman–Crippen MR) is 70.8 cm³/mol. The van der Waals surface area contributed by atoms with Crippen molar-refractivity contribution in [3.63, 3.8) is 0 Å². The Labute approximate surface area is 103 Å². The third-order valence-electron chi connectivity index (χ3n) is 2.74. The third-order valence-corrected chi connectivity index (χ3v) is 2.74. The lowest BCUT2D eigenvalue weighted by atomic mass is 10.1. The minimum atomic E-state index is -0.187. The monoisotopic (exact) mass is 232 g/mol. The van der Waals surface area contributed by atoms with Gasteiger partial charge in [0.05, 0.1) is 12.1 Å². The predicted octanol–water partition coefficient (Wildman–Crippen LogP) is 1.51. The fourth-order valence-electron chi connectivity index (χ4n) is 1.50. The molecule has 1 rings (SSSR count). The molecule has 17 heavy (non-hydrogen) atoms. The Hall–Kier alpha value is -1.61. The molecule has 0 fully saturated rings. The molecule has 0 bridgehead atoms. The summed E-state index contributed by atoms with van der Waals surface area (Å²) in [5.41, 5.74) is 1.19. The molecule has 0 aliphatic rings. The van der Waals surface area contributed by atoms with Gasteiger partial charge in [-0.15, -0.1) is 6.58 Å². The topological polar surface area (TPSA) is 41.1 Å². The molecule has 0 radical (unpaired) electrons. The highest BCUT2D eigenvalue weighted by molar-refractivity contribution is 5.81. The van der Waals surface area contributed by atoms with E-state index >= 15 is 0 Å². The van der Waals surface area contributed by atoms with E-state index in [0.29, 0.717) is 0 Å². The van der Waals surface area contributed by atoms with Crippen LogP contribution in [0.5, 0.6) is 0 Å². The van der Waals surface area contributed by atoms with Crippen LogP contribution in [0.25, 0.3) is 0 Å². The van der Waals surface area contributed by atoms with Crippen LogP contribution in [0, 0.1) is 0 Å². The maximum absolute atomic E-state index is 11.7. The van der Waals surface area contributed by atoms with Crippen molar-refractivity contribution in [2.24, 2.45) is 0 Å². The maximum atomic E-state index is 11.7. The van der Waals surface area contributed by atoms with Gasteiger partial charge in [0.1, 0.15) is 0 Å². The van der Waals surface area contributed by atoms with Crippen molar-refractivity contribution >= 4 is 5.91 Å². The van der Waals surface area contributed by atoms with Crippen LogP contribution in [0.1, 0.15) is 12.5 Å². The van der Waals surface area contributed by atoms with E-state index in [0.717, 1.165) is 6.42 Å². The maximum Gasteiger partial charge on any atom is 0.237 e. The fourth-order valence-corrected chi connectivity index (χ4v) is 1.50. The second-order valence-electron chi connectivity index (χ2n) is 4.05. The summed E-state index contributed by atoms with van der Waals surface area (Å²) in [6, 6.07) is 9.85. The van der Waals surface area contributed by atoms with E-state index in [4.69, 9.17) is 0 Å². The molecule has 0 saturated heterocycles. The van der Waals surface area contributed by atoms with Crippen LogP contribution < -0.4 is 10.6 Å². The molecule has 0 saturated carbocycles. The average Bonchev–Trinajstić information content (AvgIpc) is 2.38. The summed E-state index contributed by atoms with van der Waals surface area (Å²) in [6.07, 6.45) is 2.54. The first-order valence-corrected chi connectivity index (χ1v) is 5.81. The minimum Gasteiger partial charge on any atom is -0.348 e. The first kappa shape index (κ1) is 13.5. The van der Waals surface area contributed by atoms with Gasteiger partial charge in [-0.2, -0.15) is 0 Å². The normalized spacial score (nSPS) is 13.8. The highest BCUT2D eigenvalue weighted by atomic mass is 16.2. The van der Waals surface area contributed by atoms with Crippen LogP contribution in [-0.2, 0) is 11.2 Å². The van der Waals surface area contributed by atoms with E-state index in [-0.39, 0.29) is 18.0 Å². The number of amides is 1. The van der Waals surface area contributed by atoms with Crippen LogP contribution in [0.4, 0.5) is 0 Å². The molecule has 3 nitrogen and oxygen atoms in total. The van der Waals surface area contributed by atoms with Gasteiger partial charge in [0.2, 0.25) is 5.91 Å². The number of carbonyl (C=O) groups is 1. The van der Waals surface area contributed by atoms with E-state index in [1.54, 1.807) is 13.1 Å². The van der Waals surface area contributed by atoms with Gasteiger partial charge in [0.15, 0.2) is 0 Å². The van der Waals surface area contributed by atoms with Gasteiger partial charge in [-0.05, 0) is 26.0 Å². The number of nitrogens with one attached hydrogen (secondary N) is 2. The molecule has 2 N–H and O–H groups in total. The lowest BCUT2D eigenvalue weighted by molar-refractivity contribution is -0.123. The second kappa shape index (κ2) is 6.86. The largest absolute Gasteiger partial charge is 0.348 e. The van der Waals surface area contributed by atoms with Gasteiger partial charge < -0.3 is 10.6 Å². The van der Waals surface area contributed by atoms with Crippen molar-refractivity contribution in [3.05, 3.63) is 48.6 Å². The van der Waals surface area contributed by atoms with E-state index in [1.807, 2.05) is 37.3 Å². The molecule has 92 valence electrons. The zero-order valence-electron chi connectivity index (χ0n) is 10.4. The van der Waals surface area contributed by atoms with Gasteiger partial charge in [0, 0.05) is 0 Å². The standard InChI is InChI=1S/C14H20N2O/c1-4-13(16-14(17)11(2)15-3)10-12-8-6-5-7-9-12/h4-9,11,13,15H,1,10H2,2-3H3,(H,16,17)/t11?,13-/m1/s1. The van der Waals surface area contributed by atoms with Gasteiger partial charge >= 0.3 is 0 Å². The molecular formula is C14H20N2O. The van der Waals surface area contributed by atoms with Crippen LogP contribution in [0.2, 0.25) is 0 Å². The molecule has 0 aliphatic carbocycles. The Kier molecular flexibility index (Phi) is 5.43. The van der Waals surface area contributed by atoms with Crippen molar-refractivity contribution in [3.8, 4) is 0 Å². The Balaban J connectivity index is 2.55. The molecule has 0 aromatic heterocycles. The summed E-state index contributed by atoms with van der Waals surface area (Å²) < 4.78 is 0. The van der Waals surface area contributed by atoms with Gasteiger partial charge in [-0.1, -0.05) is 36.4 Å². The molecule has 1 amide bonds. The second-order valence-corrected chi connectivity index (χ2v) is 4.05. The highest BCUT2D eigenvalue weighted by Crippen LogP contribution is 2.04. The molecule has 1 unspecified atom stereocenters. The fraction of sp³-hybridized carbons (Fsp3) is 0.357. The molecule has 3 heteroatoms. The Morgan fingerprint density at radius 3 is 2.59 bits per heavy atom. The number of carbonyl (C=O) groups excluding carboxylic acids is 1. The van der Waals surface area contributed by atoms with Crippen LogP contribution in [0.3, 0.4) is 0 Å². The molecule has 1 aromatic rings. The highest BCUT2D eigenvalue weighted by Gasteiger charge is 2.14. The molecule has 1 aromatic carbocycles. The zero-order chi connectivity index (χ0) is 12.7. The minimum absolute atomic E-state index is 0.00617. The van der Waals surface area contributed by atoms with Crippen LogP contribution >= 0.6 is 0 Å². The number of hydrogen-bond donors (Lipinski definition) is 2. The van der Waals surface area contributed by atoms with E-state index in [1.165, 1.54) is 5.56 Å². The SMILES string of the molecule is C=C[C@H](Cc1ccccc1)NC(=O)C(C)NC. The number of likely N-dealkylation sites (N-methyl/N-ethyl adjacent to an activating group) is 1. The molecule has 0 spiro atoms. The Morgan fingerprint density at radius 1 is 1.41 bits per heavy atom. The van der Waals surface area contributed by atoms with E-state index < -0.39 is 0 Å². The molecule has 2 atom stereocenters. The van der Waals surface area contributed by atoms with Crippen molar-refractivity contribution in [2.75, 3.05) is 7.05 Å². The number of hydrogen-bond acceptors (Lipinski definition) is 2. The summed E-state index contributed by atoms with van der Waals surface area (Å²) in [4.78, 5) is 11.7. The van der Waals surface area contributed by atoms with E-state index in [9.17, 15) is 4.79 Å². The first-order valence-electron chi connectivity index (χ1n) is 5.81. The van der Waals surface area contributed by atoms with Crippen molar-refractivity contribution < 1.29 is 4.79 Å². The van der Waals surface area contributed by atoms with Crippen molar-refractivity contribution in [2.45, 2.75) is 25.4 Å². The lowest BCUT2D eigenvalue weighted by Gasteiger charge is -2.18. The van der Waals surface area contributed by atoms with Gasteiger partial charge in [0.25, 0.3) is 0 Å². The zero-order valence-corrected chi connectivity index (χ0v) is 10.4. The van der Waals surface area contributed by atoms with Gasteiger partial charge in [-0.3, -0.25) is 4.79 Å². The number of rotatable bonds is 6. The smallest absolute Gasteiger partial charge is 0.237 e. The van der Waals surface area contributed by atoms with Crippen molar-refractivity contribution in [1.82, 2.24) is 10.6 Å². The quantitative estimate of drug-likeness (QED) is 0.730. The van der Waals surface area contributed by atoms with E-state index in [2.05, 4.69) is 17.2 Å². The van der Waals surface area contributed by atoms with Crippen LogP contribution in [-0.4, -0.2) is 25.0 Å². The summed E-state index contributed by atoms with van der Waals surface area (Å²) in [5.74, 6) is -0.00617. The summed E-state index contributed by atoms with van der Waals surface area (Å²) >= 11 is 0.